The summed E-state index contributed by atoms with van der Waals surface area (Å²) in [7, 11) is -4.06. The predicted octanol–water partition coefficient (Wildman–Crippen LogP) is 4.74. The molecule has 5 aliphatic rings. The van der Waals surface area contributed by atoms with E-state index in [1.54, 1.807) is 80.8 Å². The number of unbranched alkanes of at least 4 members (excludes halogenated alkanes) is 1. The second-order valence-electron chi connectivity index (χ2n) is 22.4. The maximum absolute atomic E-state index is 14.4. The Labute approximate surface area is 507 Å². The van der Waals surface area contributed by atoms with Gasteiger partial charge in [-0.3, -0.25) is 28.9 Å². The Bertz CT molecular complexity index is 3760. The lowest BCUT2D eigenvalue weighted by molar-refractivity contribution is -0.191. The molecule has 4 aliphatic heterocycles. The molecule has 3 aromatic carbocycles. The lowest BCUT2D eigenvalue weighted by Crippen LogP contribution is -2.57. The summed E-state index contributed by atoms with van der Waals surface area (Å²) in [5, 5.41) is 30.0. The fraction of sp³-hybridized carbons (Fsp3) is 0.410. The zero-order valence-corrected chi connectivity index (χ0v) is 50.3. The van der Waals surface area contributed by atoms with Crippen LogP contribution in [-0.4, -0.2) is 106 Å². The summed E-state index contributed by atoms with van der Waals surface area (Å²) in [4.78, 5) is 115. The predicted molar refractivity (Wildman–Crippen MR) is 326 cm³/mol. The van der Waals surface area contributed by atoms with Gasteiger partial charge < -0.3 is 61.3 Å². The van der Waals surface area contributed by atoms with E-state index < -0.39 is 105 Å². The number of nitrogens with one attached hydrogen (secondary N) is 8. The number of amides is 6. The van der Waals surface area contributed by atoms with Crippen LogP contribution in [0.2, 0.25) is 0 Å². The summed E-state index contributed by atoms with van der Waals surface area (Å²) in [6.45, 7) is 9.43. The number of hydrogen-bond acceptors (Lipinski definition) is 14. The Kier molecular flexibility index (Phi) is 19.3. The highest BCUT2D eigenvalue weighted by molar-refractivity contribution is 7.93. The monoisotopic (exact) mass is 1230 g/mol. The van der Waals surface area contributed by atoms with Gasteiger partial charge in [-0.05, 0) is 129 Å². The number of para-hydroxylation sites is 1. The maximum atomic E-state index is 14.4. The number of benzene rings is 3. The number of hydrogen-bond donors (Lipinski definition) is 9. The Morgan fingerprint density at radius 3 is 2.36 bits per heavy atom. The average molecular weight is 1230 g/mol. The van der Waals surface area contributed by atoms with E-state index in [1.165, 1.54) is 29.2 Å². The van der Waals surface area contributed by atoms with Gasteiger partial charge in [-0.2, -0.15) is 0 Å². The number of anilines is 3. The first kappa shape index (κ1) is 62.6. The van der Waals surface area contributed by atoms with E-state index in [9.17, 15) is 51.9 Å². The topological polar surface area (TPSA) is 326 Å². The molecular formula is C61H71N11O13S2. The van der Waals surface area contributed by atoms with Gasteiger partial charge in [0.2, 0.25) is 27.4 Å². The number of nitrogens with zero attached hydrogens (tertiary/aromatic N) is 3. The molecule has 8 atom stereocenters. The van der Waals surface area contributed by atoms with Crippen molar-refractivity contribution in [1.29, 1.82) is 0 Å². The van der Waals surface area contributed by atoms with Crippen molar-refractivity contribution in [3.63, 3.8) is 0 Å². The minimum Gasteiger partial charge on any atom is -0.481 e. The molecule has 6 amide bonds. The smallest absolute Gasteiger partial charge is 0.355 e. The summed E-state index contributed by atoms with van der Waals surface area (Å²) in [6.07, 6.45) is 8.79. The molecule has 87 heavy (non-hydrogen) atoms. The summed E-state index contributed by atoms with van der Waals surface area (Å²) in [5.74, 6) is -4.69. The average Bonchev–Trinajstić information content (AvgIpc) is 2.09. The number of aliphatic carboxylic acids is 1. The number of cyclic esters (lactones) is 1. The Balaban J connectivity index is 0.775. The van der Waals surface area contributed by atoms with Crippen LogP contribution in [0.4, 0.5) is 26.7 Å². The molecule has 0 spiro atoms. The number of urea groups is 2. The third kappa shape index (κ3) is 14.2. The number of fused-ring (bicyclic) bond motifs is 5. The second kappa shape index (κ2) is 26.8. The van der Waals surface area contributed by atoms with Gasteiger partial charge in [0.05, 0.1) is 29.4 Å². The largest absolute Gasteiger partial charge is 0.481 e. The lowest BCUT2D eigenvalue weighted by Gasteiger charge is -2.37. The molecule has 4 unspecified atom stereocenters. The highest BCUT2D eigenvalue weighted by Crippen LogP contribution is 2.42. The number of carboxylic acid groups (broad SMARTS) is 1. The number of carbonyl (C=O) groups excluding carboxylic acids is 6. The maximum Gasteiger partial charge on any atom is 0.355 e. The van der Waals surface area contributed by atoms with E-state index in [2.05, 4.69) is 48.0 Å². The number of ether oxygens (including phenoxy) is 2. The van der Waals surface area contributed by atoms with Gasteiger partial charge >= 0.3 is 30.0 Å². The number of pyridine rings is 1. The quantitative estimate of drug-likeness (QED) is 0.0309. The van der Waals surface area contributed by atoms with Crippen LogP contribution in [0.3, 0.4) is 0 Å². The zero-order valence-electron chi connectivity index (χ0n) is 48.7. The van der Waals surface area contributed by atoms with Gasteiger partial charge in [0, 0.05) is 59.6 Å². The molecule has 26 heteroatoms. The van der Waals surface area contributed by atoms with Crippen molar-refractivity contribution < 1.29 is 56.6 Å². The summed E-state index contributed by atoms with van der Waals surface area (Å²) in [5.41, 5.74) is 0.191. The molecule has 0 radical (unpaired) electrons. The van der Waals surface area contributed by atoms with Gasteiger partial charge in [0.1, 0.15) is 30.0 Å². The van der Waals surface area contributed by atoms with Crippen LogP contribution < -0.4 is 58.1 Å². The van der Waals surface area contributed by atoms with Crippen LogP contribution in [0.5, 0.6) is 0 Å². The van der Waals surface area contributed by atoms with Crippen LogP contribution in [0, 0.1) is 11.8 Å². The summed E-state index contributed by atoms with van der Waals surface area (Å²) >= 11 is 5.56. The van der Waals surface area contributed by atoms with Gasteiger partial charge in [-0.15, -0.1) is 0 Å². The molecule has 4 aromatic rings. The number of esters is 2. The summed E-state index contributed by atoms with van der Waals surface area (Å²) in [6, 6.07) is 15.9. The van der Waals surface area contributed by atoms with Crippen LogP contribution >= 0.6 is 12.2 Å². The number of rotatable bonds is 21. The third-order valence-corrected chi connectivity index (χ3v) is 17.8. The van der Waals surface area contributed by atoms with Crippen LogP contribution in [0.1, 0.15) is 114 Å². The molecule has 9 rings (SSSR count). The molecular weight excluding hydrogens is 1160 g/mol. The van der Waals surface area contributed by atoms with Crippen molar-refractivity contribution in [3.8, 4) is 0 Å². The van der Waals surface area contributed by atoms with Crippen molar-refractivity contribution in [2.75, 3.05) is 28.4 Å². The van der Waals surface area contributed by atoms with E-state index in [0.717, 1.165) is 23.4 Å². The van der Waals surface area contributed by atoms with E-state index in [4.69, 9.17) is 26.7 Å². The molecule has 5 heterocycles. The number of carbonyl (C=O) groups is 7. The zero-order chi connectivity index (χ0) is 62.3. The standard InChI is InChI=1S/C61H71N11O13S2/c1-6-8-25-62-58(80)65-41-16-12-18-43(29-41)87(82,83)70-42-17-11-15-37(28-42)47(31-50(73)74)68-59(81)64-39-21-23-40(24-22-39)66-60(86)63-35(5)54(76)71-26-13-20-48(71)53(75)69-51(34(3)4)56(78)85-61(7-2)45-30-49-52-38(27-36-14-9-10-19-46(36)67-52)32-72(49)55(77)44(45)33-84-57(61)79/h9-12,14-17,19,21-24,27-30,34-35,38,43,47-48,51-52,70H,6-8,13,18,20,25-26,31-33H2,1-5H3,(H,69,75)(H,73,74)(H2,62,65,80)(H2,63,66,86)(H2,64,68,81)/t35-,38?,43?,47?,48-,51-,52?,61-/m0/s1. The second-order valence-corrected chi connectivity index (χ2v) is 24.7. The number of thiocarbonyl (C=S) groups is 1. The van der Waals surface area contributed by atoms with Gasteiger partial charge in [0.15, 0.2) is 5.11 Å². The Hall–Kier alpha value is -8.91. The van der Waals surface area contributed by atoms with E-state index in [0.29, 0.717) is 54.3 Å². The highest BCUT2D eigenvalue weighted by atomic mass is 32.2. The normalized spacial score (nSPS) is 20.8. The van der Waals surface area contributed by atoms with Crippen LogP contribution in [-0.2, 0) is 62.2 Å². The molecule has 1 fully saturated rings. The number of likely N-dealkylation sites (tertiary alicyclic amines) is 1. The van der Waals surface area contributed by atoms with Gasteiger partial charge in [-0.1, -0.05) is 76.6 Å². The molecule has 9 N–H and O–H groups in total. The fourth-order valence-electron chi connectivity index (χ4n) is 11.4. The first-order valence-corrected chi connectivity index (χ1v) is 31.0. The number of allylic oxidation sites excluding steroid dienone is 2. The molecule has 460 valence electrons. The number of sulfonamides is 1. The van der Waals surface area contributed by atoms with Crippen LogP contribution in [0.25, 0.3) is 6.08 Å². The van der Waals surface area contributed by atoms with Crippen molar-refractivity contribution >= 4 is 92.3 Å². The lowest BCUT2D eigenvalue weighted by atomic mass is 9.84. The van der Waals surface area contributed by atoms with E-state index in [1.807, 2.05) is 31.2 Å². The minimum atomic E-state index is -4.06. The first-order valence-electron chi connectivity index (χ1n) is 29.0. The number of aromatic nitrogens is 1. The Morgan fingerprint density at radius 2 is 1.63 bits per heavy atom. The van der Waals surface area contributed by atoms with E-state index in [-0.39, 0.29) is 59.4 Å². The van der Waals surface area contributed by atoms with Crippen molar-refractivity contribution in [2.24, 2.45) is 16.8 Å². The Morgan fingerprint density at radius 1 is 0.885 bits per heavy atom. The molecule has 0 bridgehead atoms. The van der Waals surface area contributed by atoms with Crippen molar-refractivity contribution in [3.05, 3.63) is 146 Å². The molecule has 24 nitrogen and oxygen atoms in total. The molecule has 1 aliphatic carbocycles. The van der Waals surface area contributed by atoms with Gasteiger partial charge in [-0.25, -0.2) is 27.6 Å². The minimum absolute atomic E-state index is 0.0612. The van der Waals surface area contributed by atoms with Gasteiger partial charge in [0.25, 0.3) is 5.56 Å². The summed E-state index contributed by atoms with van der Waals surface area (Å²) < 4.78 is 43.0. The SMILES string of the molecule is CCCCNC(=O)NC1=CC(S(=O)(=O)Nc2cccc(C(CC(=O)O)NC(=O)Nc3ccc(NC(=S)N[C@@H](C)C(=O)N4CCC[C@H]4C(=O)N[C@H](C(=O)O[C@]4(CC)C(=O)OCc5c4cc4n(c5=O)CC5C=c6ccccc6=NC45)C(C)C)cc3)c2)CC=C1. The first-order chi connectivity index (χ1) is 41.6. The molecule has 1 aromatic heterocycles. The molecule has 0 saturated carbocycles. The van der Waals surface area contributed by atoms with Crippen molar-refractivity contribution in [2.45, 2.75) is 134 Å². The van der Waals surface area contributed by atoms with Crippen LogP contribution in [0.15, 0.2) is 113 Å². The highest BCUT2D eigenvalue weighted by Gasteiger charge is 2.52. The van der Waals surface area contributed by atoms with Crippen molar-refractivity contribution in [1.82, 2.24) is 36.1 Å². The fourth-order valence-corrected chi connectivity index (χ4v) is 13.0. The van der Waals surface area contributed by atoms with E-state index >= 15 is 0 Å². The number of carboxylic acids is 1. The third-order valence-electron chi connectivity index (χ3n) is 15.9. The molecule has 1 saturated heterocycles.